The fourth-order valence-corrected chi connectivity index (χ4v) is 0.353. The van der Waals surface area contributed by atoms with Gasteiger partial charge in [0.05, 0.1) is 0 Å². The number of nitrogens with two attached hydrogens (primary N) is 1. The van der Waals surface area contributed by atoms with Gasteiger partial charge in [0.1, 0.15) is 0 Å². The summed E-state index contributed by atoms with van der Waals surface area (Å²) >= 11 is 3.32. The summed E-state index contributed by atoms with van der Waals surface area (Å²) in [7, 11) is 1.43. The third-order valence-electron chi connectivity index (χ3n) is 0.471. The van der Waals surface area contributed by atoms with E-state index in [-0.39, 0.29) is 12.5 Å². The van der Waals surface area contributed by atoms with Gasteiger partial charge in [-0.2, -0.15) is 0 Å². The second-order valence-corrected chi connectivity index (χ2v) is 1.33. The van der Waals surface area contributed by atoms with Gasteiger partial charge in [-0.3, -0.25) is 0 Å². The molecule has 5 heteroatoms. The average Bonchev–Trinajstić information content (AvgIpc) is 1.68. The van der Waals surface area contributed by atoms with Gasteiger partial charge >= 0.3 is 5.91 Å². The Hall–Kier alpha value is -0.100. The Labute approximate surface area is 52.7 Å². The van der Waals surface area contributed by atoms with E-state index in [1.807, 2.05) is 0 Å². The van der Waals surface area contributed by atoms with Crippen molar-refractivity contribution in [2.45, 2.75) is 0 Å². The molecule has 48 valence electrons. The molecular weight excluding hydrogens is 130 g/mol. The molecule has 2 N–H and O–H groups in total. The Morgan fingerprint density at radius 2 is 2.50 bits per heavy atom. The van der Waals surface area contributed by atoms with Crippen LogP contribution in [0.2, 0.25) is 0 Å². The molecule has 0 spiro atoms. The van der Waals surface area contributed by atoms with E-state index in [0.29, 0.717) is 0 Å². The van der Waals surface area contributed by atoms with Gasteiger partial charge in [0.15, 0.2) is 6.61 Å². The van der Waals surface area contributed by atoms with Crippen molar-refractivity contribution in [1.29, 1.82) is 0 Å². The average molecular weight is 138 g/mol. The zero-order valence-electron chi connectivity index (χ0n) is 4.46. The predicted octanol–water partition coefficient (Wildman–Crippen LogP) is -1.50. The number of quaternary nitrogens is 1. The molecule has 0 radical (unpaired) electrons. The van der Waals surface area contributed by atoms with Gasteiger partial charge in [-0.1, -0.05) is 0 Å². The monoisotopic (exact) mass is 138 g/mol. The van der Waals surface area contributed by atoms with Crippen molar-refractivity contribution in [2.24, 2.45) is 0 Å². The summed E-state index contributed by atoms with van der Waals surface area (Å²) in [6.07, 6.45) is 0. The zero-order valence-corrected chi connectivity index (χ0v) is 5.35. The third-order valence-corrected chi connectivity index (χ3v) is 0.576. The van der Waals surface area contributed by atoms with E-state index >= 15 is 0 Å². The lowest BCUT2D eigenvalue weighted by atomic mass is 10.7. The molecule has 0 saturated carbocycles. The smallest absolute Gasteiger partial charge is 0.369 e. The normalized spacial score (nSPS) is 9.25. The maximum Gasteiger partial charge on any atom is 0.369 e. The fraction of sp³-hybridized carbons (Fsp3) is 0.667. The molecular formula is C3H8NO3S+. The van der Waals surface area contributed by atoms with Gasteiger partial charge in [-0.05, 0) is 0 Å². The van der Waals surface area contributed by atoms with E-state index in [9.17, 15) is 4.79 Å². The van der Waals surface area contributed by atoms with Gasteiger partial charge < -0.3 is 4.74 Å². The maximum atomic E-state index is 10.3. The summed E-state index contributed by atoms with van der Waals surface area (Å²) in [5.41, 5.74) is 0.979. The van der Waals surface area contributed by atoms with E-state index in [4.69, 9.17) is 0 Å². The SMILES string of the molecule is COCC(=O)[NH2+]OS. The van der Waals surface area contributed by atoms with Gasteiger partial charge in [0.2, 0.25) is 0 Å². The minimum absolute atomic E-state index is 0.0422. The third kappa shape index (κ3) is 4.07. The summed E-state index contributed by atoms with van der Waals surface area (Å²) in [6.45, 7) is 0.0422. The minimum Gasteiger partial charge on any atom is -0.370 e. The van der Waals surface area contributed by atoms with E-state index in [2.05, 4.69) is 21.9 Å². The molecule has 1 amide bonds. The number of ether oxygens (including phenoxy) is 1. The highest BCUT2D eigenvalue weighted by Gasteiger charge is 2.01. The maximum absolute atomic E-state index is 10.3. The fourth-order valence-electron chi connectivity index (χ4n) is 0.235. The van der Waals surface area contributed by atoms with Crippen LogP contribution in [-0.4, -0.2) is 19.6 Å². The largest absolute Gasteiger partial charge is 0.370 e. The van der Waals surface area contributed by atoms with Crippen molar-refractivity contribution in [3.05, 3.63) is 0 Å². The molecule has 0 fully saturated rings. The second kappa shape index (κ2) is 5.04. The highest BCUT2D eigenvalue weighted by atomic mass is 32.1. The van der Waals surface area contributed by atoms with Crippen LogP contribution in [0.1, 0.15) is 0 Å². The number of rotatable bonds is 3. The highest BCUT2D eigenvalue weighted by Crippen LogP contribution is 1.61. The molecule has 0 aliphatic rings. The zero-order chi connectivity index (χ0) is 6.41. The van der Waals surface area contributed by atoms with Crippen LogP contribution in [0.3, 0.4) is 0 Å². The number of methoxy groups -OCH3 is 1. The Balaban J connectivity index is 3.06. The van der Waals surface area contributed by atoms with Crippen molar-refractivity contribution in [1.82, 2.24) is 0 Å². The summed E-state index contributed by atoms with van der Waals surface area (Å²) in [5, 5.41) is 0. The molecule has 0 atom stereocenters. The van der Waals surface area contributed by atoms with Crippen LogP contribution in [0.5, 0.6) is 0 Å². The van der Waals surface area contributed by atoms with Crippen LogP contribution >= 0.6 is 12.9 Å². The Morgan fingerprint density at radius 1 is 1.88 bits per heavy atom. The molecule has 0 rings (SSSR count). The van der Waals surface area contributed by atoms with Gasteiger partial charge in [-0.25, -0.2) is 4.79 Å². The van der Waals surface area contributed by atoms with Crippen molar-refractivity contribution in [2.75, 3.05) is 13.7 Å². The van der Waals surface area contributed by atoms with E-state index in [1.54, 1.807) is 0 Å². The minimum atomic E-state index is -0.234. The summed E-state index contributed by atoms with van der Waals surface area (Å²) in [5.74, 6) is -0.234. The first kappa shape index (κ1) is 7.90. The molecule has 0 unspecified atom stereocenters. The van der Waals surface area contributed by atoms with Crippen molar-refractivity contribution < 1.29 is 19.3 Å². The first-order chi connectivity index (χ1) is 3.81. The standard InChI is InChI=1S/C3H7NO3S/c1-6-2-3(5)4-7-8/h8H,2H2,1H3,(H,4,5)/p+1. The molecule has 4 nitrogen and oxygen atoms in total. The number of hydrogen-bond acceptors (Lipinski definition) is 4. The molecule has 0 aromatic heterocycles. The molecule has 0 aliphatic carbocycles. The predicted molar refractivity (Wildman–Crippen MR) is 28.9 cm³/mol. The lowest BCUT2D eigenvalue weighted by Gasteiger charge is -1.89. The molecule has 0 aliphatic heterocycles. The number of hydroxylamine groups is 1. The quantitative estimate of drug-likeness (QED) is 0.283. The van der Waals surface area contributed by atoms with Crippen molar-refractivity contribution >= 4 is 18.8 Å². The highest BCUT2D eigenvalue weighted by molar-refractivity contribution is 7.74. The molecule has 0 bridgehead atoms. The first-order valence-electron chi connectivity index (χ1n) is 1.96. The molecule has 0 saturated heterocycles. The Kier molecular flexibility index (Phi) is 4.98. The van der Waals surface area contributed by atoms with Crippen LogP contribution in [0, 0.1) is 0 Å². The number of amides is 1. The molecule has 0 aromatic carbocycles. The van der Waals surface area contributed by atoms with Crippen LogP contribution in [0.4, 0.5) is 0 Å². The Morgan fingerprint density at radius 3 is 2.88 bits per heavy atom. The van der Waals surface area contributed by atoms with E-state index in [0.717, 1.165) is 5.48 Å². The molecule has 8 heavy (non-hydrogen) atoms. The first-order valence-corrected chi connectivity index (χ1v) is 2.33. The number of carbonyl (C=O) groups excluding carboxylic acids is 1. The van der Waals surface area contributed by atoms with Crippen molar-refractivity contribution in [3.63, 3.8) is 0 Å². The lowest BCUT2D eigenvalue weighted by Crippen LogP contribution is -2.86. The van der Waals surface area contributed by atoms with E-state index < -0.39 is 0 Å². The van der Waals surface area contributed by atoms with Crippen LogP contribution in [-0.2, 0) is 13.8 Å². The van der Waals surface area contributed by atoms with Gasteiger partial charge in [-0.15, -0.1) is 9.76 Å². The number of hydrogen-bond donors (Lipinski definition) is 2. The number of carbonyl (C=O) groups is 1. The van der Waals surface area contributed by atoms with Crippen LogP contribution in [0.25, 0.3) is 0 Å². The van der Waals surface area contributed by atoms with Crippen LogP contribution < -0.4 is 5.48 Å². The molecule has 0 heterocycles. The van der Waals surface area contributed by atoms with Crippen LogP contribution in [0.15, 0.2) is 0 Å². The van der Waals surface area contributed by atoms with Gasteiger partial charge in [0, 0.05) is 20.0 Å². The Bertz CT molecular complexity index is 68.9. The lowest BCUT2D eigenvalue weighted by molar-refractivity contribution is -0.780. The summed E-state index contributed by atoms with van der Waals surface area (Å²) < 4.78 is 8.56. The summed E-state index contributed by atoms with van der Waals surface area (Å²) in [6, 6.07) is 0. The second-order valence-electron chi connectivity index (χ2n) is 1.12. The molecule has 0 aromatic rings. The van der Waals surface area contributed by atoms with E-state index in [1.165, 1.54) is 7.11 Å². The van der Waals surface area contributed by atoms with Gasteiger partial charge in [0.25, 0.3) is 0 Å². The van der Waals surface area contributed by atoms with Crippen molar-refractivity contribution in [3.8, 4) is 0 Å². The topological polar surface area (TPSA) is 52.1 Å². The number of thiol groups is 1. The summed E-state index contributed by atoms with van der Waals surface area (Å²) in [4.78, 5) is 10.3. The number of primary amides is 1.